The molecule has 0 bridgehead atoms. The van der Waals surface area contributed by atoms with Crippen molar-refractivity contribution in [2.45, 2.75) is 221 Å². The molecule has 4 rings (SSSR count). The fourth-order valence-electron chi connectivity index (χ4n) is 12.7. The van der Waals surface area contributed by atoms with E-state index < -0.39 is 0 Å². The lowest BCUT2D eigenvalue weighted by atomic mass is 9.42. The van der Waals surface area contributed by atoms with Crippen LogP contribution in [0.3, 0.4) is 0 Å². The average molecular weight is 822 g/mol. The molecule has 342 valence electrons. The van der Waals surface area contributed by atoms with Crippen LogP contribution in [0.2, 0.25) is 0 Å². The third-order valence-electron chi connectivity index (χ3n) is 16.1. The van der Waals surface area contributed by atoms with E-state index in [1.165, 1.54) is 141 Å². The van der Waals surface area contributed by atoms with Gasteiger partial charge in [0.25, 0.3) is 0 Å². The van der Waals surface area contributed by atoms with Gasteiger partial charge in [0.15, 0.2) is 0 Å². The molecule has 0 N–H and O–H groups in total. The molecule has 0 aromatic carbocycles. The van der Waals surface area contributed by atoms with Crippen molar-refractivity contribution in [3.8, 4) is 0 Å². The Bertz CT molecular complexity index is 1190. The van der Waals surface area contributed by atoms with Crippen LogP contribution in [0.25, 0.3) is 0 Å². The van der Waals surface area contributed by atoms with Crippen molar-refractivity contribution in [1.82, 2.24) is 4.90 Å². The highest BCUT2D eigenvalue weighted by Crippen LogP contribution is 2.66. The standard InChI is InChI=1S/C55H99NO3/c1-9-10-11-12-13-14-15-16-17-18-19-20-21-22-23-26-39-57-44-49(43-56(7)8)59-41-28-40-58-48-35-37-54(5)47(42-48)33-34-50-52-32-27-31-51(55(52,6)38-36-53(50)54)46(4)30-25-24-29-45(2)3/h13-14,16-17,33,45-46,48-53H,9-12,15,18-32,34-44H2,1-8H3/b14-13-,17-16-/t46?,48-,49?,50?,51?,52?,53?,54-,55+/m0/s1. The van der Waals surface area contributed by atoms with Crippen LogP contribution in [0.15, 0.2) is 36.0 Å². The molecular weight excluding hydrogens is 723 g/mol. The molecule has 4 nitrogen and oxygen atoms in total. The van der Waals surface area contributed by atoms with Gasteiger partial charge in [-0.15, -0.1) is 0 Å². The van der Waals surface area contributed by atoms with Gasteiger partial charge in [-0.05, 0) is 157 Å². The van der Waals surface area contributed by atoms with Crippen LogP contribution < -0.4 is 0 Å². The predicted molar refractivity (Wildman–Crippen MR) is 255 cm³/mol. The lowest BCUT2D eigenvalue weighted by Crippen LogP contribution is -2.54. The third kappa shape index (κ3) is 16.9. The Kier molecular flexibility index (Phi) is 24.0. The number of likely N-dealkylation sites (N-methyl/N-ethyl adjacent to an activating group) is 1. The van der Waals surface area contributed by atoms with Crippen molar-refractivity contribution in [3.05, 3.63) is 36.0 Å². The van der Waals surface area contributed by atoms with Crippen LogP contribution in [0, 0.1) is 46.3 Å². The van der Waals surface area contributed by atoms with E-state index in [9.17, 15) is 0 Å². The Morgan fingerprint density at radius 2 is 1.47 bits per heavy atom. The van der Waals surface area contributed by atoms with Gasteiger partial charge in [0.05, 0.1) is 18.8 Å². The normalized spacial score (nSPS) is 29.5. The van der Waals surface area contributed by atoms with Gasteiger partial charge in [0.1, 0.15) is 0 Å². The summed E-state index contributed by atoms with van der Waals surface area (Å²) in [4.78, 5) is 2.22. The first-order chi connectivity index (χ1) is 28.6. The number of nitrogens with zero attached hydrogens (tertiary/aromatic N) is 1. The Morgan fingerprint density at radius 3 is 2.22 bits per heavy atom. The first-order valence-electron chi connectivity index (χ1n) is 26.0. The van der Waals surface area contributed by atoms with Crippen molar-refractivity contribution in [3.63, 3.8) is 0 Å². The molecule has 0 spiro atoms. The predicted octanol–water partition coefficient (Wildman–Crippen LogP) is 15.4. The Balaban J connectivity index is 1.07. The maximum Gasteiger partial charge on any atom is 0.0934 e. The zero-order valence-corrected chi connectivity index (χ0v) is 40.6. The number of allylic oxidation sites excluding steroid dienone is 5. The quantitative estimate of drug-likeness (QED) is 0.0515. The van der Waals surface area contributed by atoms with E-state index in [-0.39, 0.29) is 6.10 Å². The molecule has 59 heavy (non-hydrogen) atoms. The van der Waals surface area contributed by atoms with E-state index in [4.69, 9.17) is 14.2 Å². The second-order valence-corrected chi connectivity index (χ2v) is 21.5. The zero-order valence-electron chi connectivity index (χ0n) is 40.6. The molecule has 0 aromatic rings. The molecule has 4 aliphatic rings. The molecule has 3 saturated carbocycles. The van der Waals surface area contributed by atoms with E-state index in [1.807, 2.05) is 0 Å². The number of hydrogen-bond donors (Lipinski definition) is 0. The highest BCUT2D eigenvalue weighted by Gasteiger charge is 2.57. The van der Waals surface area contributed by atoms with E-state index in [0.717, 1.165) is 87.6 Å². The van der Waals surface area contributed by atoms with Gasteiger partial charge in [0, 0.05) is 26.4 Å². The molecule has 6 unspecified atom stereocenters. The summed E-state index contributed by atoms with van der Waals surface area (Å²) in [5, 5.41) is 0. The minimum atomic E-state index is 0.125. The van der Waals surface area contributed by atoms with Crippen molar-refractivity contribution in [1.29, 1.82) is 0 Å². The van der Waals surface area contributed by atoms with Gasteiger partial charge >= 0.3 is 0 Å². The lowest BCUT2D eigenvalue weighted by molar-refractivity contribution is -0.112. The molecule has 3 fully saturated rings. The molecular formula is C55H99NO3. The Labute approximate surface area is 367 Å². The summed E-state index contributed by atoms with van der Waals surface area (Å²) >= 11 is 0. The molecule has 4 aliphatic carbocycles. The second-order valence-electron chi connectivity index (χ2n) is 21.5. The van der Waals surface area contributed by atoms with Gasteiger partial charge in [-0.3, -0.25) is 0 Å². The van der Waals surface area contributed by atoms with Crippen LogP contribution in [0.5, 0.6) is 0 Å². The van der Waals surface area contributed by atoms with Crippen LogP contribution in [0.4, 0.5) is 0 Å². The van der Waals surface area contributed by atoms with Crippen LogP contribution in [-0.2, 0) is 14.2 Å². The van der Waals surface area contributed by atoms with E-state index in [1.54, 1.807) is 5.57 Å². The Morgan fingerprint density at radius 1 is 0.746 bits per heavy atom. The van der Waals surface area contributed by atoms with Crippen molar-refractivity contribution in [2.24, 2.45) is 46.3 Å². The summed E-state index contributed by atoms with van der Waals surface area (Å²) in [6.45, 7) is 19.1. The van der Waals surface area contributed by atoms with Crippen molar-refractivity contribution >= 4 is 0 Å². The second kappa shape index (κ2) is 28.0. The fraction of sp³-hybridized carbons (Fsp3) is 0.891. The summed E-state index contributed by atoms with van der Waals surface area (Å²) in [5.74, 6) is 5.38. The highest BCUT2D eigenvalue weighted by atomic mass is 16.5. The first-order valence-corrected chi connectivity index (χ1v) is 26.0. The summed E-state index contributed by atoms with van der Waals surface area (Å²) in [6, 6.07) is 0. The number of hydrogen-bond acceptors (Lipinski definition) is 4. The molecule has 0 aliphatic heterocycles. The molecule has 0 saturated heterocycles. The maximum absolute atomic E-state index is 6.60. The van der Waals surface area contributed by atoms with Crippen LogP contribution in [-0.4, -0.2) is 64.2 Å². The fourth-order valence-corrected chi connectivity index (χ4v) is 12.7. The number of fused-ring (bicyclic) bond motifs is 5. The Hall–Kier alpha value is -0.940. The monoisotopic (exact) mass is 822 g/mol. The maximum atomic E-state index is 6.60. The van der Waals surface area contributed by atoms with Crippen LogP contribution >= 0.6 is 0 Å². The average Bonchev–Trinajstić information content (AvgIpc) is 3.20. The van der Waals surface area contributed by atoms with E-state index >= 15 is 0 Å². The molecule has 0 aromatic heterocycles. The number of rotatable bonds is 31. The minimum absolute atomic E-state index is 0.125. The molecule has 0 heterocycles. The third-order valence-corrected chi connectivity index (χ3v) is 16.1. The van der Waals surface area contributed by atoms with Gasteiger partial charge in [-0.25, -0.2) is 0 Å². The SMILES string of the molecule is CCCCC/C=C\C/C=C\CCCCCCCCOCC(CN(C)C)OCCCO[C@H]1CC[C@@]2(C)C(=CCC3C4CCCC(C(C)CCCCC(C)C)[C@@]4(C)CCC32)C1. The van der Waals surface area contributed by atoms with Crippen LogP contribution in [0.1, 0.15) is 208 Å². The number of ether oxygens (including phenoxy) is 3. The summed E-state index contributed by atoms with van der Waals surface area (Å²) < 4.78 is 19.1. The summed E-state index contributed by atoms with van der Waals surface area (Å²) in [7, 11) is 4.27. The number of unbranched alkanes of at least 4 members (excludes halogenated alkanes) is 10. The first kappa shape index (κ1) is 50.7. The molecule has 0 amide bonds. The van der Waals surface area contributed by atoms with Gasteiger partial charge in [-0.1, -0.05) is 148 Å². The van der Waals surface area contributed by atoms with Crippen molar-refractivity contribution in [2.75, 3.05) is 47.1 Å². The molecule has 9 atom stereocenters. The van der Waals surface area contributed by atoms with Gasteiger partial charge < -0.3 is 19.1 Å². The summed E-state index contributed by atoms with van der Waals surface area (Å²) in [6.07, 6.45) is 47.0. The van der Waals surface area contributed by atoms with Crippen molar-refractivity contribution < 1.29 is 14.2 Å². The molecule has 0 radical (unpaired) electrons. The summed E-state index contributed by atoms with van der Waals surface area (Å²) in [5.41, 5.74) is 2.70. The lowest BCUT2D eigenvalue weighted by Gasteiger charge is -2.62. The topological polar surface area (TPSA) is 30.9 Å². The van der Waals surface area contributed by atoms with Gasteiger partial charge in [-0.2, -0.15) is 0 Å². The smallest absolute Gasteiger partial charge is 0.0934 e. The van der Waals surface area contributed by atoms with Gasteiger partial charge in [0.2, 0.25) is 0 Å². The largest absolute Gasteiger partial charge is 0.379 e. The van der Waals surface area contributed by atoms with E-state index in [2.05, 4.69) is 90.9 Å². The van der Waals surface area contributed by atoms with E-state index in [0.29, 0.717) is 23.5 Å². The minimum Gasteiger partial charge on any atom is -0.379 e. The zero-order chi connectivity index (χ0) is 42.4. The molecule has 4 heteroatoms. The highest BCUT2D eigenvalue weighted by molar-refractivity contribution is 5.25.